The topological polar surface area (TPSA) is 474 Å². The molecule has 0 aromatic carbocycles. The Labute approximate surface area is 229 Å². The fourth-order valence-corrected chi connectivity index (χ4v) is 0. The van der Waals surface area contributed by atoms with Crippen molar-refractivity contribution >= 4 is 98.1 Å². The molecule has 2 radical (unpaired) electrons. The van der Waals surface area contributed by atoms with Crippen LogP contribution in [0.2, 0.25) is 0 Å². The van der Waals surface area contributed by atoms with Crippen LogP contribution < -0.4 is 12.3 Å². The maximum Gasteiger partial charge on any atom is 2.00 e. The predicted octanol–water partition coefficient (Wildman–Crippen LogP) is -6.70. The first-order valence-electron chi connectivity index (χ1n) is 3.33. The standard InChI is InChI=1S/2Co.2Mg.2H3N.5H2O4S/c;;;;;;5*1-5(2,3)4/h;;;;2*1H3;5*(H2,1,2,3,4)/q4*+2;;;;;;;/p-8. The van der Waals surface area contributed by atoms with Gasteiger partial charge in [-0.15, -0.1) is 0 Å². The van der Waals surface area contributed by atoms with Crippen molar-refractivity contribution in [3.05, 3.63) is 0 Å². The number of hydrogen-bond acceptors (Lipinski definition) is 20. The van der Waals surface area contributed by atoms with Crippen LogP contribution in [-0.2, 0) is 85.6 Å². The molecule has 31 heavy (non-hydrogen) atoms. The quantitative estimate of drug-likeness (QED) is 0.136. The second-order valence-electron chi connectivity index (χ2n) is 2.04. The van der Waals surface area contributed by atoms with Gasteiger partial charge in [0.25, 0.3) is 0 Å². The molecule has 8 N–H and O–H groups in total. The molecule has 190 valence electrons. The molecule has 0 aromatic rings. The molecule has 0 aromatic heterocycles. The smallest absolute Gasteiger partial charge is 0.759 e. The summed E-state index contributed by atoms with van der Waals surface area (Å²) in [7, 11) is -25.8. The van der Waals surface area contributed by atoms with Gasteiger partial charge in [-0.3, -0.25) is 42.1 Å². The van der Waals surface area contributed by atoms with E-state index in [1.165, 1.54) is 0 Å². The summed E-state index contributed by atoms with van der Waals surface area (Å²) in [5.41, 5.74) is 0. The first-order valence-corrected chi connectivity index (χ1v) is 10.0. The Morgan fingerprint density at radius 1 is 0.290 bits per heavy atom. The normalized spacial score (nSPS) is 9.35. The van der Waals surface area contributed by atoms with E-state index in [4.69, 9.17) is 87.6 Å². The monoisotopic (exact) mass is 682 g/mol. The molecule has 0 unspecified atom stereocenters. The molecular formula is H8Co2Mg2N2O20S5. The second kappa shape index (κ2) is 29.8. The SMILES string of the molecule is O=S(=O)([O-])[O-].O=S(=O)([O-])[O-].O=S(=O)([O-])[O-].O=S(=O)([O-])[O-].O=S(=O)([O-])[O-].[Co+2].[Co+2].[Mg+2].[Mg+2].[NH4+].[NH4+]. The van der Waals surface area contributed by atoms with Crippen LogP contribution in [0.4, 0.5) is 0 Å². The van der Waals surface area contributed by atoms with Crippen molar-refractivity contribution in [2.45, 2.75) is 0 Å². The van der Waals surface area contributed by atoms with Crippen LogP contribution in [0.1, 0.15) is 0 Å². The predicted molar refractivity (Wildman–Crippen MR) is 75.9 cm³/mol. The largest absolute Gasteiger partial charge is 2.00 e. The van der Waals surface area contributed by atoms with E-state index in [0.717, 1.165) is 0 Å². The summed E-state index contributed by atoms with van der Waals surface area (Å²) in [6.07, 6.45) is 0. The van der Waals surface area contributed by atoms with Gasteiger partial charge in [0.15, 0.2) is 0 Å². The Bertz CT molecular complexity index is 640. The summed E-state index contributed by atoms with van der Waals surface area (Å²) >= 11 is 0. The Morgan fingerprint density at radius 2 is 0.290 bits per heavy atom. The van der Waals surface area contributed by atoms with Crippen molar-refractivity contribution in [3.8, 4) is 0 Å². The summed E-state index contributed by atoms with van der Waals surface area (Å²) < 4.78 is 170. The maximum absolute atomic E-state index is 8.52. The fraction of sp³-hybridized carbons (Fsp3) is 0. The minimum absolute atomic E-state index is 0. The zero-order chi connectivity index (χ0) is 22.5. The molecule has 0 bridgehead atoms. The maximum atomic E-state index is 8.52. The average Bonchev–Trinajstić information content (AvgIpc) is 1.79. The van der Waals surface area contributed by atoms with Crippen LogP contribution in [0.5, 0.6) is 0 Å². The van der Waals surface area contributed by atoms with E-state index < -0.39 is 52.0 Å². The molecule has 0 aliphatic carbocycles. The number of hydrogen-bond donors (Lipinski definition) is 2. The molecule has 31 heteroatoms. The third kappa shape index (κ3) is 8580. The Balaban J connectivity index is -0.0000000171. The van der Waals surface area contributed by atoms with E-state index >= 15 is 0 Å². The van der Waals surface area contributed by atoms with E-state index in [0.29, 0.717) is 0 Å². The van der Waals surface area contributed by atoms with Crippen molar-refractivity contribution in [1.29, 1.82) is 0 Å². The van der Waals surface area contributed by atoms with Crippen LogP contribution in [0, 0.1) is 0 Å². The van der Waals surface area contributed by atoms with Gasteiger partial charge < -0.3 is 57.8 Å². The van der Waals surface area contributed by atoms with Gasteiger partial charge in [0.1, 0.15) is 0 Å². The molecule has 0 amide bonds. The number of rotatable bonds is 0. The first kappa shape index (κ1) is 69.8. The third-order valence-corrected chi connectivity index (χ3v) is 0. The van der Waals surface area contributed by atoms with Gasteiger partial charge in [0.05, 0.1) is 0 Å². The number of quaternary nitrogens is 2. The molecule has 0 heterocycles. The first-order chi connectivity index (χ1) is 10.0. The molecule has 22 nitrogen and oxygen atoms in total. The van der Waals surface area contributed by atoms with Crippen LogP contribution in [0.25, 0.3) is 0 Å². The van der Waals surface area contributed by atoms with E-state index in [1.807, 2.05) is 0 Å². The fourth-order valence-electron chi connectivity index (χ4n) is 0. The molecule has 0 aliphatic rings. The zero-order valence-corrected chi connectivity index (χ0v) is 23.3. The van der Waals surface area contributed by atoms with E-state index in [1.54, 1.807) is 0 Å². The van der Waals surface area contributed by atoms with Gasteiger partial charge in [-0.05, 0) is 0 Å². The molecule has 0 atom stereocenters. The third-order valence-electron chi connectivity index (χ3n) is 0. The molecule has 0 saturated carbocycles. The molecule has 0 rings (SSSR count). The summed E-state index contributed by atoms with van der Waals surface area (Å²) in [6.45, 7) is 0. The van der Waals surface area contributed by atoms with Crippen LogP contribution in [0.3, 0.4) is 0 Å². The minimum Gasteiger partial charge on any atom is -0.759 e. The molecule has 0 saturated heterocycles. The molecule has 0 aliphatic heterocycles. The molecule has 0 spiro atoms. The summed E-state index contributed by atoms with van der Waals surface area (Å²) in [5, 5.41) is 0. The van der Waals surface area contributed by atoms with Gasteiger partial charge in [0, 0.05) is 52.0 Å². The van der Waals surface area contributed by atoms with E-state index in [-0.39, 0.29) is 92.0 Å². The van der Waals surface area contributed by atoms with Crippen LogP contribution in [-0.4, -0.2) is 134 Å². The Kier molecular flexibility index (Phi) is 67.2. The van der Waals surface area contributed by atoms with E-state index in [2.05, 4.69) is 0 Å². The van der Waals surface area contributed by atoms with Crippen LogP contribution >= 0.6 is 0 Å². The van der Waals surface area contributed by atoms with Gasteiger partial charge in [-0.1, -0.05) is 0 Å². The van der Waals surface area contributed by atoms with Gasteiger partial charge in [-0.2, -0.15) is 0 Å². The van der Waals surface area contributed by atoms with Crippen LogP contribution in [0.15, 0.2) is 0 Å². The van der Waals surface area contributed by atoms with E-state index in [9.17, 15) is 0 Å². The van der Waals surface area contributed by atoms with Gasteiger partial charge in [-0.25, -0.2) is 0 Å². The van der Waals surface area contributed by atoms with Crippen molar-refractivity contribution in [1.82, 2.24) is 12.3 Å². The van der Waals surface area contributed by atoms with Gasteiger partial charge in [0.2, 0.25) is 0 Å². The Morgan fingerprint density at radius 3 is 0.290 bits per heavy atom. The van der Waals surface area contributed by atoms with Crippen molar-refractivity contribution in [2.24, 2.45) is 0 Å². The van der Waals surface area contributed by atoms with Crippen molar-refractivity contribution in [3.63, 3.8) is 0 Å². The van der Waals surface area contributed by atoms with Crippen molar-refractivity contribution in [2.75, 3.05) is 0 Å². The Hall–Kier alpha value is 1.82. The minimum atomic E-state index is -5.17. The summed E-state index contributed by atoms with van der Waals surface area (Å²) in [5.74, 6) is 0. The van der Waals surface area contributed by atoms with Crippen molar-refractivity contribution < 1.29 is 121 Å². The van der Waals surface area contributed by atoms with Gasteiger partial charge >= 0.3 is 79.7 Å². The second-order valence-corrected chi connectivity index (χ2v) is 6.12. The summed E-state index contributed by atoms with van der Waals surface area (Å²) in [4.78, 5) is 0. The zero-order valence-electron chi connectivity index (χ0n) is 14.3. The summed E-state index contributed by atoms with van der Waals surface area (Å²) in [6, 6.07) is 0. The molecular weight excluding hydrogens is 675 g/mol. The molecule has 0 fully saturated rings. The average molecular weight is 683 g/mol.